The Bertz CT molecular complexity index is 982. The third kappa shape index (κ3) is 3.57. The van der Waals surface area contributed by atoms with Crippen molar-refractivity contribution in [2.75, 3.05) is 10.2 Å². The average Bonchev–Trinajstić information content (AvgIpc) is 2.90. The standard InChI is InChI=1S/C20H18N2O6/c1-10-3-4-15(11(2)5-10)21-16-9-17(23)22(18(16)24)14-7-12(19(25)26)6-13(8-14)20(27)28/h3-8,16,21H,9H2,1-2H3,(H,25,26)(H,27,28). The van der Waals surface area contributed by atoms with Crippen molar-refractivity contribution >= 4 is 35.1 Å². The van der Waals surface area contributed by atoms with Gasteiger partial charge in [-0.3, -0.25) is 9.59 Å². The molecule has 0 aromatic heterocycles. The Morgan fingerprint density at radius 1 is 1.00 bits per heavy atom. The summed E-state index contributed by atoms with van der Waals surface area (Å²) < 4.78 is 0. The molecule has 3 rings (SSSR count). The van der Waals surface area contributed by atoms with E-state index in [9.17, 15) is 29.4 Å². The van der Waals surface area contributed by atoms with Gasteiger partial charge in [-0.1, -0.05) is 17.7 Å². The van der Waals surface area contributed by atoms with E-state index in [0.717, 1.165) is 34.2 Å². The Labute approximate surface area is 160 Å². The first kappa shape index (κ1) is 19.1. The van der Waals surface area contributed by atoms with Crippen molar-refractivity contribution in [3.63, 3.8) is 0 Å². The third-order valence-electron chi connectivity index (χ3n) is 4.53. The summed E-state index contributed by atoms with van der Waals surface area (Å²) in [7, 11) is 0. The van der Waals surface area contributed by atoms with Gasteiger partial charge in [0, 0.05) is 5.69 Å². The van der Waals surface area contributed by atoms with Gasteiger partial charge in [0.1, 0.15) is 6.04 Å². The molecule has 8 heteroatoms. The van der Waals surface area contributed by atoms with Crippen LogP contribution in [0, 0.1) is 13.8 Å². The van der Waals surface area contributed by atoms with Crippen LogP contribution >= 0.6 is 0 Å². The van der Waals surface area contributed by atoms with E-state index in [0.29, 0.717) is 5.69 Å². The number of carboxylic acid groups (broad SMARTS) is 2. The van der Waals surface area contributed by atoms with Gasteiger partial charge in [0.15, 0.2) is 0 Å². The number of aromatic carboxylic acids is 2. The summed E-state index contributed by atoms with van der Waals surface area (Å²) in [6.45, 7) is 3.82. The van der Waals surface area contributed by atoms with Crippen LogP contribution in [0.1, 0.15) is 38.3 Å². The van der Waals surface area contributed by atoms with E-state index in [1.807, 2.05) is 32.0 Å². The highest BCUT2D eigenvalue weighted by Gasteiger charge is 2.40. The molecule has 0 saturated carbocycles. The second-order valence-electron chi connectivity index (χ2n) is 6.67. The van der Waals surface area contributed by atoms with Crippen LogP contribution in [0.2, 0.25) is 0 Å². The Morgan fingerprint density at radius 3 is 2.14 bits per heavy atom. The number of aryl methyl sites for hydroxylation is 2. The average molecular weight is 382 g/mol. The number of rotatable bonds is 5. The molecule has 0 radical (unpaired) electrons. The lowest BCUT2D eigenvalue weighted by Gasteiger charge is -2.18. The monoisotopic (exact) mass is 382 g/mol. The normalized spacial score (nSPS) is 16.4. The van der Waals surface area contributed by atoms with E-state index in [1.54, 1.807) is 0 Å². The van der Waals surface area contributed by atoms with Gasteiger partial charge in [0.05, 0.1) is 23.2 Å². The molecule has 1 unspecified atom stereocenters. The number of carbonyl (C=O) groups is 4. The second-order valence-corrected chi connectivity index (χ2v) is 6.67. The van der Waals surface area contributed by atoms with Gasteiger partial charge < -0.3 is 15.5 Å². The molecule has 0 spiro atoms. The van der Waals surface area contributed by atoms with Gasteiger partial charge in [-0.25, -0.2) is 14.5 Å². The van der Waals surface area contributed by atoms with E-state index in [2.05, 4.69) is 5.32 Å². The molecular formula is C20H18N2O6. The molecule has 1 aliphatic rings. The number of nitrogens with one attached hydrogen (secondary N) is 1. The molecule has 1 aliphatic heterocycles. The molecule has 0 aliphatic carbocycles. The highest BCUT2D eigenvalue weighted by Crippen LogP contribution is 2.28. The number of hydrogen-bond acceptors (Lipinski definition) is 5. The molecular weight excluding hydrogens is 364 g/mol. The van der Waals surface area contributed by atoms with Crippen molar-refractivity contribution < 1.29 is 29.4 Å². The van der Waals surface area contributed by atoms with Gasteiger partial charge in [-0.15, -0.1) is 0 Å². The van der Waals surface area contributed by atoms with E-state index in [-0.39, 0.29) is 23.2 Å². The zero-order chi connectivity index (χ0) is 20.6. The fourth-order valence-corrected chi connectivity index (χ4v) is 3.17. The molecule has 3 N–H and O–H groups in total. The molecule has 144 valence electrons. The lowest BCUT2D eigenvalue weighted by atomic mass is 10.1. The van der Waals surface area contributed by atoms with Crippen molar-refractivity contribution in [2.24, 2.45) is 0 Å². The topological polar surface area (TPSA) is 124 Å². The molecule has 2 aromatic carbocycles. The number of imide groups is 1. The Kier molecular flexibility index (Phi) is 4.87. The fraction of sp³-hybridized carbons (Fsp3) is 0.200. The number of hydrogen-bond donors (Lipinski definition) is 3. The summed E-state index contributed by atoms with van der Waals surface area (Å²) in [5.74, 6) is -3.81. The molecule has 1 fully saturated rings. The lowest BCUT2D eigenvalue weighted by molar-refractivity contribution is -0.121. The van der Waals surface area contributed by atoms with Crippen LogP contribution in [0.25, 0.3) is 0 Å². The van der Waals surface area contributed by atoms with Crippen LogP contribution in [0.4, 0.5) is 11.4 Å². The number of amides is 2. The van der Waals surface area contributed by atoms with E-state index < -0.39 is 29.8 Å². The SMILES string of the molecule is Cc1ccc(NC2CC(=O)N(c3cc(C(=O)O)cc(C(=O)O)c3)C2=O)c(C)c1. The van der Waals surface area contributed by atoms with Crippen molar-refractivity contribution in [3.05, 3.63) is 58.7 Å². The quantitative estimate of drug-likeness (QED) is 0.679. The minimum atomic E-state index is -1.35. The fourth-order valence-electron chi connectivity index (χ4n) is 3.17. The van der Waals surface area contributed by atoms with Crippen molar-refractivity contribution in [3.8, 4) is 0 Å². The van der Waals surface area contributed by atoms with Crippen LogP contribution in [-0.2, 0) is 9.59 Å². The zero-order valence-electron chi connectivity index (χ0n) is 15.2. The smallest absolute Gasteiger partial charge is 0.335 e. The first-order valence-corrected chi connectivity index (χ1v) is 8.49. The lowest BCUT2D eigenvalue weighted by Crippen LogP contribution is -2.35. The number of nitrogens with zero attached hydrogens (tertiary/aromatic N) is 1. The largest absolute Gasteiger partial charge is 0.478 e. The van der Waals surface area contributed by atoms with Gasteiger partial charge >= 0.3 is 11.9 Å². The van der Waals surface area contributed by atoms with Crippen LogP contribution in [0.15, 0.2) is 36.4 Å². The second kappa shape index (κ2) is 7.15. The summed E-state index contributed by atoms with van der Waals surface area (Å²) in [4.78, 5) is 48.7. The van der Waals surface area contributed by atoms with Crippen molar-refractivity contribution in [1.29, 1.82) is 0 Å². The van der Waals surface area contributed by atoms with Gasteiger partial charge in [0.2, 0.25) is 5.91 Å². The molecule has 2 amide bonds. The molecule has 28 heavy (non-hydrogen) atoms. The highest BCUT2D eigenvalue weighted by molar-refractivity contribution is 6.23. The van der Waals surface area contributed by atoms with Crippen LogP contribution in [0.3, 0.4) is 0 Å². The zero-order valence-corrected chi connectivity index (χ0v) is 15.2. The summed E-state index contributed by atoms with van der Waals surface area (Å²) in [5.41, 5.74) is 1.98. The van der Waals surface area contributed by atoms with E-state index in [1.165, 1.54) is 0 Å². The Hall–Kier alpha value is -3.68. The summed E-state index contributed by atoms with van der Waals surface area (Å²) in [5, 5.41) is 21.4. The number of carboxylic acids is 2. The van der Waals surface area contributed by atoms with Crippen LogP contribution in [0.5, 0.6) is 0 Å². The Balaban J connectivity index is 1.93. The van der Waals surface area contributed by atoms with E-state index in [4.69, 9.17) is 0 Å². The first-order valence-electron chi connectivity index (χ1n) is 8.49. The maximum absolute atomic E-state index is 12.8. The van der Waals surface area contributed by atoms with Crippen LogP contribution < -0.4 is 10.2 Å². The third-order valence-corrected chi connectivity index (χ3v) is 4.53. The first-order chi connectivity index (χ1) is 13.2. The van der Waals surface area contributed by atoms with Crippen molar-refractivity contribution in [1.82, 2.24) is 0 Å². The summed E-state index contributed by atoms with van der Waals surface area (Å²) in [6, 6.07) is 8.02. The van der Waals surface area contributed by atoms with E-state index >= 15 is 0 Å². The minimum Gasteiger partial charge on any atom is -0.478 e. The number of anilines is 2. The summed E-state index contributed by atoms with van der Waals surface area (Å²) in [6.07, 6.45) is -0.119. The van der Waals surface area contributed by atoms with Gasteiger partial charge in [-0.05, 0) is 43.7 Å². The number of carbonyl (C=O) groups excluding carboxylic acids is 2. The van der Waals surface area contributed by atoms with Crippen molar-refractivity contribution in [2.45, 2.75) is 26.3 Å². The molecule has 1 heterocycles. The predicted octanol–water partition coefficient (Wildman–Crippen LogP) is 2.44. The highest BCUT2D eigenvalue weighted by atomic mass is 16.4. The Morgan fingerprint density at radius 2 is 1.61 bits per heavy atom. The maximum Gasteiger partial charge on any atom is 0.335 e. The summed E-state index contributed by atoms with van der Waals surface area (Å²) >= 11 is 0. The molecule has 2 aromatic rings. The van der Waals surface area contributed by atoms with Gasteiger partial charge in [0.25, 0.3) is 5.91 Å². The molecule has 8 nitrogen and oxygen atoms in total. The maximum atomic E-state index is 12.8. The molecule has 0 bridgehead atoms. The minimum absolute atomic E-state index is 0.0720. The molecule has 1 saturated heterocycles. The number of benzene rings is 2. The molecule has 1 atom stereocenters. The predicted molar refractivity (Wildman–Crippen MR) is 101 cm³/mol. The van der Waals surface area contributed by atoms with Crippen LogP contribution in [-0.4, -0.2) is 40.0 Å². The van der Waals surface area contributed by atoms with Gasteiger partial charge in [-0.2, -0.15) is 0 Å².